The molecule has 3 aliphatic carbocycles. The molecule has 3 atom stereocenters. The van der Waals surface area contributed by atoms with Crippen molar-refractivity contribution in [2.75, 3.05) is 0 Å². The lowest BCUT2D eigenvalue weighted by Crippen LogP contribution is -2.58. The maximum Gasteiger partial charge on any atom is 0.339 e. The van der Waals surface area contributed by atoms with Crippen LogP contribution in [0, 0.1) is 11.8 Å². The number of primary amides is 1. The van der Waals surface area contributed by atoms with E-state index in [1.807, 2.05) is 0 Å². The molecule has 0 radical (unpaired) electrons. The van der Waals surface area contributed by atoms with Gasteiger partial charge in [-0.2, -0.15) is 0 Å². The molecule has 1 aromatic carbocycles. The van der Waals surface area contributed by atoms with Crippen molar-refractivity contribution >= 4 is 29.2 Å². The number of nitrogens with two attached hydrogens (primary N) is 1. The third-order valence-corrected chi connectivity index (χ3v) is 7.09. The van der Waals surface area contributed by atoms with Gasteiger partial charge in [-0.05, 0) is 42.5 Å². The Hall–Kier alpha value is -4.38. The Balaban J connectivity index is 1.72. The van der Waals surface area contributed by atoms with E-state index < -0.39 is 70.1 Å². The largest absolute Gasteiger partial charge is 0.508 e. The van der Waals surface area contributed by atoms with Crippen LogP contribution in [0.4, 0.5) is 0 Å². The number of rotatable bonds is 3. The summed E-state index contributed by atoms with van der Waals surface area (Å²) in [5.41, 5.74) is 1.66. The third kappa shape index (κ3) is 2.88. The summed E-state index contributed by atoms with van der Waals surface area (Å²) in [6.07, 6.45) is 0.737. The van der Waals surface area contributed by atoms with Crippen LogP contribution in [0.15, 0.2) is 45.8 Å². The number of Topliss-reactive ketones (excluding diaryl/α,β-unsaturated/α-hetero) is 2. The van der Waals surface area contributed by atoms with E-state index in [0.717, 1.165) is 0 Å². The summed E-state index contributed by atoms with van der Waals surface area (Å²) in [5, 5.41) is 52.9. The molecule has 0 unspecified atom stereocenters. The van der Waals surface area contributed by atoms with Crippen LogP contribution in [0.25, 0.3) is 17.1 Å². The molecule has 0 saturated heterocycles. The fourth-order valence-corrected chi connectivity index (χ4v) is 5.52. The molecule has 0 aliphatic heterocycles. The van der Waals surface area contributed by atoms with Gasteiger partial charge in [0.15, 0.2) is 11.4 Å². The van der Waals surface area contributed by atoms with Gasteiger partial charge in [-0.3, -0.25) is 14.4 Å². The summed E-state index contributed by atoms with van der Waals surface area (Å²) >= 11 is 0. The zero-order valence-corrected chi connectivity index (χ0v) is 17.9. The van der Waals surface area contributed by atoms with Crippen molar-refractivity contribution in [1.82, 2.24) is 0 Å². The predicted molar refractivity (Wildman–Crippen MR) is 116 cm³/mol. The molecule has 11 heteroatoms. The number of carboxylic acid groups (broad SMARTS) is 1. The third-order valence-electron chi connectivity index (χ3n) is 7.09. The molecule has 7 N–H and O–H groups in total. The molecule has 1 amide bonds. The van der Waals surface area contributed by atoms with E-state index in [1.54, 1.807) is 0 Å². The number of furan rings is 1. The van der Waals surface area contributed by atoms with Gasteiger partial charge in [-0.15, -0.1) is 0 Å². The number of carbonyl (C=O) groups excluding carboxylic acids is 3. The number of hydrogen-bond acceptors (Lipinski definition) is 9. The zero-order chi connectivity index (χ0) is 25.4. The second-order valence-corrected chi connectivity index (χ2v) is 8.86. The number of ketones is 2. The molecule has 2 aromatic rings. The molecular formula is C24H19NO10. The van der Waals surface area contributed by atoms with Crippen LogP contribution >= 0.6 is 0 Å². The van der Waals surface area contributed by atoms with Gasteiger partial charge < -0.3 is 35.7 Å². The maximum atomic E-state index is 13.5. The van der Waals surface area contributed by atoms with Gasteiger partial charge in [0.25, 0.3) is 5.91 Å². The summed E-state index contributed by atoms with van der Waals surface area (Å²) in [6, 6.07) is 3.88. The molecule has 0 bridgehead atoms. The van der Waals surface area contributed by atoms with Gasteiger partial charge in [-0.25, -0.2) is 4.79 Å². The van der Waals surface area contributed by atoms with Crippen molar-refractivity contribution in [1.29, 1.82) is 0 Å². The lowest BCUT2D eigenvalue weighted by molar-refractivity contribution is -0.147. The summed E-state index contributed by atoms with van der Waals surface area (Å²) in [4.78, 5) is 49.2. The van der Waals surface area contributed by atoms with Crippen molar-refractivity contribution < 1.29 is 49.1 Å². The number of carboxylic acids is 1. The molecule has 1 heterocycles. The fourth-order valence-electron chi connectivity index (χ4n) is 5.52. The summed E-state index contributed by atoms with van der Waals surface area (Å²) in [5.74, 6) is -8.56. The highest BCUT2D eigenvalue weighted by molar-refractivity contribution is 6.22. The number of phenolic OH excluding ortho intramolecular Hbond substituents is 1. The number of aliphatic hydroxyl groups excluding tert-OH is 2. The van der Waals surface area contributed by atoms with Crippen LogP contribution < -0.4 is 5.73 Å². The van der Waals surface area contributed by atoms with E-state index in [4.69, 9.17) is 10.2 Å². The Bertz CT molecular complexity index is 1430. The monoisotopic (exact) mass is 481 g/mol. The van der Waals surface area contributed by atoms with E-state index in [-0.39, 0.29) is 40.9 Å². The molecule has 35 heavy (non-hydrogen) atoms. The SMILES string of the molecule is NC(=O)C1=C(O)[C@@]2(O)C(=O)C3=C(O)c4c(O)ccc(-c5occc5C(=O)O)c4C[C@H]3C[C@H]2CC1=O. The van der Waals surface area contributed by atoms with Gasteiger partial charge in [0, 0.05) is 23.5 Å². The minimum absolute atomic E-state index is 0.0110. The lowest BCUT2D eigenvalue weighted by atomic mass is 9.59. The predicted octanol–water partition coefficient (Wildman–Crippen LogP) is 1.38. The quantitative estimate of drug-likeness (QED) is 0.347. The van der Waals surface area contributed by atoms with E-state index in [1.165, 1.54) is 24.5 Å². The average molecular weight is 481 g/mol. The average Bonchev–Trinajstić information content (AvgIpc) is 3.26. The first-order chi connectivity index (χ1) is 16.5. The van der Waals surface area contributed by atoms with Crippen LogP contribution in [-0.4, -0.2) is 54.6 Å². The summed E-state index contributed by atoms with van der Waals surface area (Å²) in [7, 11) is 0. The molecule has 180 valence electrons. The van der Waals surface area contributed by atoms with Crippen molar-refractivity contribution in [2.45, 2.75) is 24.9 Å². The van der Waals surface area contributed by atoms with Crippen LogP contribution in [-0.2, 0) is 20.8 Å². The van der Waals surface area contributed by atoms with E-state index in [9.17, 15) is 44.7 Å². The second kappa shape index (κ2) is 7.31. The van der Waals surface area contributed by atoms with Crippen LogP contribution in [0.5, 0.6) is 5.75 Å². The van der Waals surface area contributed by atoms with E-state index in [0.29, 0.717) is 5.56 Å². The molecule has 0 spiro atoms. The number of phenols is 1. The van der Waals surface area contributed by atoms with Crippen LogP contribution in [0.2, 0.25) is 0 Å². The highest BCUT2D eigenvalue weighted by Crippen LogP contribution is 2.53. The molecule has 1 aromatic heterocycles. The topological polar surface area (TPSA) is 209 Å². The van der Waals surface area contributed by atoms with E-state index in [2.05, 4.69) is 0 Å². The number of aromatic hydroxyl groups is 1. The fraction of sp³-hybridized carbons (Fsp3) is 0.250. The van der Waals surface area contributed by atoms with Crippen LogP contribution in [0.3, 0.4) is 0 Å². The summed E-state index contributed by atoms with van der Waals surface area (Å²) < 4.78 is 5.38. The highest BCUT2D eigenvalue weighted by Gasteiger charge is 2.60. The number of aliphatic hydroxyl groups is 3. The highest BCUT2D eigenvalue weighted by atomic mass is 16.4. The Kier molecular flexibility index (Phi) is 4.68. The second-order valence-electron chi connectivity index (χ2n) is 8.86. The molecule has 1 saturated carbocycles. The van der Waals surface area contributed by atoms with Gasteiger partial charge in [0.2, 0.25) is 5.78 Å². The van der Waals surface area contributed by atoms with Gasteiger partial charge in [0.05, 0.1) is 11.8 Å². The normalized spacial score (nSPS) is 25.7. The Labute approximate surface area is 196 Å². The summed E-state index contributed by atoms with van der Waals surface area (Å²) in [6.45, 7) is 0. The van der Waals surface area contributed by atoms with Gasteiger partial charge in [0.1, 0.15) is 34.2 Å². The molecule has 1 fully saturated rings. The number of carbonyl (C=O) groups is 4. The van der Waals surface area contributed by atoms with Crippen molar-refractivity contribution in [2.24, 2.45) is 17.6 Å². The molecule has 11 nitrogen and oxygen atoms in total. The van der Waals surface area contributed by atoms with E-state index >= 15 is 0 Å². The minimum Gasteiger partial charge on any atom is -0.508 e. The first-order valence-corrected chi connectivity index (χ1v) is 10.6. The van der Waals surface area contributed by atoms with Crippen molar-refractivity contribution in [3.05, 3.63) is 58.1 Å². The van der Waals surface area contributed by atoms with Gasteiger partial charge >= 0.3 is 5.97 Å². The van der Waals surface area contributed by atoms with Crippen LogP contribution in [0.1, 0.15) is 34.3 Å². The first kappa shape index (κ1) is 22.4. The molecular weight excluding hydrogens is 462 g/mol. The zero-order valence-electron chi connectivity index (χ0n) is 17.9. The Morgan fingerprint density at radius 1 is 1.09 bits per heavy atom. The van der Waals surface area contributed by atoms with Gasteiger partial charge in [-0.1, -0.05) is 0 Å². The number of aromatic carboxylic acids is 1. The number of benzene rings is 1. The lowest BCUT2D eigenvalue weighted by Gasteiger charge is -2.46. The minimum atomic E-state index is -2.65. The number of hydrogen-bond donors (Lipinski definition) is 6. The smallest absolute Gasteiger partial charge is 0.339 e. The number of fused-ring (bicyclic) bond motifs is 3. The first-order valence-electron chi connectivity index (χ1n) is 10.6. The molecule has 3 aliphatic rings. The number of amides is 1. The Morgan fingerprint density at radius 2 is 1.80 bits per heavy atom. The Morgan fingerprint density at radius 3 is 2.46 bits per heavy atom. The standard InChI is InChI=1S/C24H19NO10/c25-22(31)17-14(27)7-9-5-8-6-12-10(19-11(23(32)33)3-4-35-19)1-2-13(26)16(12)18(28)15(8)20(29)24(9,34)21(17)30/h1-4,8-9,26,28,30,34H,5-7H2,(H2,25,31)(H,32,33)/t8-,9+,24+/m1/s1. The van der Waals surface area contributed by atoms with Crippen molar-refractivity contribution in [3.63, 3.8) is 0 Å². The molecule has 5 rings (SSSR count). The van der Waals surface area contributed by atoms with Crippen molar-refractivity contribution in [3.8, 4) is 17.1 Å². The maximum absolute atomic E-state index is 13.5.